The molecule has 2 aromatic heterocycles. The van der Waals surface area contributed by atoms with Crippen molar-refractivity contribution < 1.29 is 9.72 Å². The van der Waals surface area contributed by atoms with Gasteiger partial charge < -0.3 is 5.32 Å². The molecular weight excluding hydrogens is 364 g/mol. The van der Waals surface area contributed by atoms with Gasteiger partial charge in [0.2, 0.25) is 11.9 Å². The number of carbonyl (C=O) groups is 1. The maximum atomic E-state index is 12.5. The van der Waals surface area contributed by atoms with Gasteiger partial charge in [-0.1, -0.05) is 0 Å². The quantitative estimate of drug-likeness (QED) is 0.531. The number of aromatic nitrogens is 4. The number of aryl methyl sites for hydroxylation is 3. The van der Waals surface area contributed by atoms with Crippen molar-refractivity contribution in [3.8, 4) is 5.95 Å². The largest absolute Gasteiger partial charge is 0.325 e. The molecule has 0 spiro atoms. The van der Waals surface area contributed by atoms with Gasteiger partial charge in [0, 0.05) is 35.3 Å². The number of hydrogen-bond acceptors (Lipinski definition) is 6. The number of rotatable bonds is 5. The van der Waals surface area contributed by atoms with Gasteiger partial charge in [-0.05, 0) is 39.0 Å². The normalized spacial score (nSPS) is 10.7. The molecule has 28 heavy (non-hydrogen) atoms. The highest BCUT2D eigenvalue weighted by molar-refractivity contribution is 5.90. The lowest BCUT2D eigenvalue weighted by atomic mass is 10.3. The van der Waals surface area contributed by atoms with Gasteiger partial charge in [0.05, 0.1) is 10.6 Å². The predicted molar refractivity (Wildman–Crippen MR) is 102 cm³/mol. The number of non-ortho nitro benzene ring substituents is 1. The van der Waals surface area contributed by atoms with Crippen molar-refractivity contribution in [2.45, 2.75) is 27.3 Å². The third-order valence-electron chi connectivity index (χ3n) is 3.98. The van der Waals surface area contributed by atoms with Crippen LogP contribution < -0.4 is 10.9 Å². The maximum absolute atomic E-state index is 12.5. The highest BCUT2D eigenvalue weighted by atomic mass is 16.6. The number of anilines is 1. The van der Waals surface area contributed by atoms with Crippen molar-refractivity contribution in [1.29, 1.82) is 0 Å². The first kappa shape index (κ1) is 19.0. The molecule has 0 saturated heterocycles. The molecule has 10 nitrogen and oxygen atoms in total. The molecule has 144 valence electrons. The minimum atomic E-state index is -0.524. The van der Waals surface area contributed by atoms with Crippen molar-refractivity contribution in [2.24, 2.45) is 0 Å². The monoisotopic (exact) mass is 382 g/mol. The van der Waals surface area contributed by atoms with Crippen LogP contribution in [0.2, 0.25) is 0 Å². The molecule has 3 aromatic rings. The van der Waals surface area contributed by atoms with Gasteiger partial charge in [0.15, 0.2) is 0 Å². The van der Waals surface area contributed by atoms with Crippen molar-refractivity contribution in [1.82, 2.24) is 19.3 Å². The van der Waals surface area contributed by atoms with Crippen LogP contribution in [0.25, 0.3) is 5.95 Å². The summed E-state index contributed by atoms with van der Waals surface area (Å²) < 4.78 is 2.75. The van der Waals surface area contributed by atoms with Crippen LogP contribution in [-0.2, 0) is 11.3 Å². The van der Waals surface area contributed by atoms with Gasteiger partial charge in [-0.15, -0.1) is 0 Å². The predicted octanol–water partition coefficient (Wildman–Crippen LogP) is 1.90. The lowest BCUT2D eigenvalue weighted by molar-refractivity contribution is -0.384. The molecular formula is C18H18N6O4. The molecule has 0 aliphatic carbocycles. The number of nitrogens with one attached hydrogen (secondary N) is 1. The summed E-state index contributed by atoms with van der Waals surface area (Å²) in [7, 11) is 0. The number of nitro groups is 1. The molecule has 2 heterocycles. The Balaban J connectivity index is 1.89. The molecule has 1 aromatic carbocycles. The highest BCUT2D eigenvalue weighted by Gasteiger charge is 2.16. The van der Waals surface area contributed by atoms with Gasteiger partial charge in [-0.2, -0.15) is 5.10 Å². The topological polar surface area (TPSA) is 125 Å². The first-order valence-electron chi connectivity index (χ1n) is 8.41. The number of amides is 1. The molecule has 0 bridgehead atoms. The van der Waals surface area contributed by atoms with Crippen molar-refractivity contribution in [3.05, 3.63) is 73.9 Å². The molecule has 0 aliphatic rings. The summed E-state index contributed by atoms with van der Waals surface area (Å²) in [5, 5.41) is 17.7. The summed E-state index contributed by atoms with van der Waals surface area (Å²) >= 11 is 0. The van der Waals surface area contributed by atoms with E-state index in [1.807, 2.05) is 19.9 Å². The standard InChI is InChI=1S/C18H18N6O4/c1-11-9-17(26)22(18(19-11)23-13(3)8-12(2)21-23)10-16(25)20-14-4-6-15(7-5-14)24(27)28/h4-9H,10H2,1-3H3,(H,20,25). The van der Waals surface area contributed by atoms with Crippen LogP contribution in [0.3, 0.4) is 0 Å². The minimum absolute atomic E-state index is 0.0798. The zero-order valence-corrected chi connectivity index (χ0v) is 15.5. The van der Waals surface area contributed by atoms with Crippen molar-refractivity contribution >= 4 is 17.3 Å². The lowest BCUT2D eigenvalue weighted by Gasteiger charge is -2.13. The van der Waals surface area contributed by atoms with E-state index in [1.54, 1.807) is 6.92 Å². The number of nitro benzene ring substituents is 1. The molecule has 1 amide bonds. The molecule has 10 heteroatoms. The zero-order chi connectivity index (χ0) is 20.4. The molecule has 0 saturated carbocycles. The average Bonchev–Trinajstić information content (AvgIpc) is 2.95. The van der Waals surface area contributed by atoms with Crippen LogP contribution in [0.1, 0.15) is 17.1 Å². The summed E-state index contributed by atoms with van der Waals surface area (Å²) in [4.78, 5) is 39.5. The number of carbonyl (C=O) groups excluding carboxylic acids is 1. The van der Waals surface area contributed by atoms with E-state index in [9.17, 15) is 19.7 Å². The van der Waals surface area contributed by atoms with E-state index in [2.05, 4.69) is 15.4 Å². The second kappa shape index (κ2) is 7.43. The highest BCUT2D eigenvalue weighted by Crippen LogP contribution is 2.15. The minimum Gasteiger partial charge on any atom is -0.325 e. The van der Waals surface area contributed by atoms with E-state index in [0.29, 0.717) is 11.4 Å². The third kappa shape index (κ3) is 3.95. The average molecular weight is 382 g/mol. The first-order chi connectivity index (χ1) is 13.2. The van der Waals surface area contributed by atoms with Crippen molar-refractivity contribution in [2.75, 3.05) is 5.32 Å². The molecule has 0 radical (unpaired) electrons. The Morgan fingerprint density at radius 2 is 1.82 bits per heavy atom. The fourth-order valence-electron chi connectivity index (χ4n) is 2.76. The fourth-order valence-corrected chi connectivity index (χ4v) is 2.76. The Morgan fingerprint density at radius 3 is 2.39 bits per heavy atom. The molecule has 0 aliphatic heterocycles. The summed E-state index contributed by atoms with van der Waals surface area (Å²) in [6.45, 7) is 5.06. The smallest absolute Gasteiger partial charge is 0.269 e. The Morgan fingerprint density at radius 1 is 1.14 bits per heavy atom. The van der Waals surface area contributed by atoms with Crippen LogP contribution in [0, 0.1) is 30.9 Å². The van der Waals surface area contributed by atoms with E-state index in [0.717, 1.165) is 11.4 Å². The Bertz CT molecular complexity index is 1110. The van der Waals surface area contributed by atoms with Crippen LogP contribution in [0.15, 0.2) is 41.2 Å². The van der Waals surface area contributed by atoms with E-state index in [1.165, 1.54) is 39.6 Å². The third-order valence-corrected chi connectivity index (χ3v) is 3.98. The SMILES string of the molecule is Cc1cc(=O)n(CC(=O)Nc2ccc([N+](=O)[O-])cc2)c(-n2nc(C)cc2C)n1. The molecule has 1 N–H and O–H groups in total. The Labute approximate surface area is 159 Å². The van der Waals surface area contributed by atoms with Gasteiger partial charge in [-0.25, -0.2) is 9.67 Å². The number of nitrogens with zero attached hydrogens (tertiary/aromatic N) is 5. The van der Waals surface area contributed by atoms with Crippen LogP contribution in [-0.4, -0.2) is 30.2 Å². The van der Waals surface area contributed by atoms with Crippen LogP contribution in [0.5, 0.6) is 0 Å². The Kier molecular flexibility index (Phi) is 5.03. The fraction of sp³-hybridized carbons (Fsp3) is 0.222. The lowest BCUT2D eigenvalue weighted by Crippen LogP contribution is -2.32. The summed E-state index contributed by atoms with van der Waals surface area (Å²) in [6.07, 6.45) is 0. The van der Waals surface area contributed by atoms with Crippen LogP contribution in [0.4, 0.5) is 11.4 Å². The summed E-state index contributed by atoms with van der Waals surface area (Å²) in [6, 6.07) is 8.61. The van der Waals surface area contributed by atoms with Gasteiger partial charge >= 0.3 is 0 Å². The number of hydrogen-bond donors (Lipinski definition) is 1. The van der Waals surface area contributed by atoms with E-state index >= 15 is 0 Å². The van der Waals surface area contributed by atoms with Gasteiger partial charge in [-0.3, -0.25) is 24.3 Å². The number of benzene rings is 1. The Hall–Kier alpha value is -3.82. The van der Waals surface area contributed by atoms with E-state index in [4.69, 9.17) is 0 Å². The second-order valence-corrected chi connectivity index (χ2v) is 6.31. The zero-order valence-electron chi connectivity index (χ0n) is 15.5. The van der Waals surface area contributed by atoms with Crippen LogP contribution >= 0.6 is 0 Å². The summed E-state index contributed by atoms with van der Waals surface area (Å²) in [5.74, 6) is -0.223. The van der Waals surface area contributed by atoms with E-state index in [-0.39, 0.29) is 23.7 Å². The second-order valence-electron chi connectivity index (χ2n) is 6.31. The van der Waals surface area contributed by atoms with Crippen molar-refractivity contribution in [3.63, 3.8) is 0 Å². The molecule has 3 rings (SSSR count). The van der Waals surface area contributed by atoms with Gasteiger partial charge in [0.1, 0.15) is 6.54 Å². The summed E-state index contributed by atoms with van der Waals surface area (Å²) in [5.41, 5.74) is 1.98. The molecule has 0 atom stereocenters. The first-order valence-corrected chi connectivity index (χ1v) is 8.41. The maximum Gasteiger partial charge on any atom is 0.269 e. The van der Waals surface area contributed by atoms with E-state index < -0.39 is 10.8 Å². The molecule has 0 unspecified atom stereocenters. The van der Waals surface area contributed by atoms with Gasteiger partial charge in [0.25, 0.3) is 11.2 Å². The molecule has 0 fully saturated rings.